The molecule has 0 aliphatic heterocycles. The highest BCUT2D eigenvalue weighted by molar-refractivity contribution is 7.80. The number of hydrogen-bond acceptors (Lipinski definition) is 3. The molecule has 0 bridgehead atoms. The van der Waals surface area contributed by atoms with E-state index in [0.29, 0.717) is 27.5 Å². The van der Waals surface area contributed by atoms with Crippen LogP contribution in [0.25, 0.3) is 0 Å². The summed E-state index contributed by atoms with van der Waals surface area (Å²) in [7, 11) is 3.57. The van der Waals surface area contributed by atoms with Gasteiger partial charge in [-0.05, 0) is 18.2 Å². The van der Waals surface area contributed by atoms with Crippen LogP contribution in [0.15, 0.2) is 47.5 Å². The molecule has 0 saturated carbocycles. The highest BCUT2D eigenvalue weighted by atomic mass is 35.5. The standard InChI is InChI=1S/C17H17ClFN3S/c1-22(2)15-8-7-11(9-14(15)19)17(21-10-16(20)23)12-5-3-4-6-13(12)18/h3-9H,10H2,1-2H3,(H2,20,23). The lowest BCUT2D eigenvalue weighted by Crippen LogP contribution is -2.15. The van der Waals surface area contributed by atoms with Crippen LogP contribution in [0.2, 0.25) is 5.02 Å². The summed E-state index contributed by atoms with van der Waals surface area (Å²) in [5.74, 6) is -0.331. The van der Waals surface area contributed by atoms with Gasteiger partial charge in [0.15, 0.2) is 0 Å². The van der Waals surface area contributed by atoms with Crippen molar-refractivity contribution in [1.29, 1.82) is 0 Å². The van der Waals surface area contributed by atoms with Gasteiger partial charge in [0.05, 0.1) is 22.9 Å². The van der Waals surface area contributed by atoms with E-state index in [1.807, 2.05) is 18.2 Å². The van der Waals surface area contributed by atoms with Gasteiger partial charge in [0.2, 0.25) is 0 Å². The number of hydrogen-bond donors (Lipinski definition) is 1. The first-order chi connectivity index (χ1) is 10.9. The van der Waals surface area contributed by atoms with Gasteiger partial charge in [-0.3, -0.25) is 4.99 Å². The molecule has 23 heavy (non-hydrogen) atoms. The number of aliphatic imine (C=N–C) groups is 1. The zero-order chi connectivity index (χ0) is 17.0. The fourth-order valence-electron chi connectivity index (χ4n) is 2.16. The Balaban J connectivity index is 2.55. The van der Waals surface area contributed by atoms with Gasteiger partial charge in [0.25, 0.3) is 0 Å². The minimum Gasteiger partial charge on any atom is -0.392 e. The Labute approximate surface area is 145 Å². The van der Waals surface area contributed by atoms with Crippen LogP contribution >= 0.6 is 23.8 Å². The molecule has 0 heterocycles. The van der Waals surface area contributed by atoms with Crippen LogP contribution in [0, 0.1) is 5.82 Å². The summed E-state index contributed by atoms with van der Waals surface area (Å²) in [6.07, 6.45) is 0. The quantitative estimate of drug-likeness (QED) is 0.661. The number of halogens is 2. The number of rotatable bonds is 5. The lowest BCUT2D eigenvalue weighted by Gasteiger charge is -2.15. The second-order valence-electron chi connectivity index (χ2n) is 5.17. The molecule has 0 aliphatic carbocycles. The van der Waals surface area contributed by atoms with Crippen LogP contribution < -0.4 is 10.6 Å². The van der Waals surface area contributed by atoms with E-state index in [2.05, 4.69) is 4.99 Å². The number of thiocarbonyl (C=S) groups is 1. The Morgan fingerprint density at radius 1 is 1.26 bits per heavy atom. The normalized spacial score (nSPS) is 11.4. The molecule has 6 heteroatoms. The van der Waals surface area contributed by atoms with Gasteiger partial charge in [-0.15, -0.1) is 0 Å². The molecule has 0 radical (unpaired) electrons. The number of benzene rings is 2. The predicted octanol–water partition coefficient (Wildman–Crippen LogP) is 3.67. The van der Waals surface area contributed by atoms with Crippen LogP contribution in [-0.2, 0) is 0 Å². The summed E-state index contributed by atoms with van der Waals surface area (Å²) in [6.45, 7) is 0.174. The van der Waals surface area contributed by atoms with Crippen LogP contribution in [0.4, 0.5) is 10.1 Å². The third kappa shape index (κ3) is 4.27. The van der Waals surface area contributed by atoms with Crippen molar-refractivity contribution in [3.63, 3.8) is 0 Å². The molecule has 0 saturated heterocycles. The Morgan fingerprint density at radius 2 is 1.96 bits per heavy atom. The first kappa shape index (κ1) is 17.4. The minimum atomic E-state index is -0.331. The molecular weight excluding hydrogens is 333 g/mol. The van der Waals surface area contributed by atoms with E-state index in [-0.39, 0.29) is 17.4 Å². The first-order valence-electron chi connectivity index (χ1n) is 6.95. The van der Waals surface area contributed by atoms with Gasteiger partial charge in [-0.1, -0.05) is 48.1 Å². The highest BCUT2D eigenvalue weighted by Gasteiger charge is 2.13. The fourth-order valence-corrected chi connectivity index (χ4v) is 2.45. The number of nitrogens with two attached hydrogens (primary N) is 1. The van der Waals surface area contributed by atoms with Crippen LogP contribution in [-0.4, -0.2) is 31.3 Å². The van der Waals surface area contributed by atoms with Gasteiger partial charge in [-0.2, -0.15) is 0 Å². The Hall–Kier alpha value is -1.98. The molecule has 2 aromatic rings. The second-order valence-corrected chi connectivity index (χ2v) is 6.10. The maximum absolute atomic E-state index is 14.3. The van der Waals surface area contributed by atoms with E-state index < -0.39 is 0 Å². The first-order valence-corrected chi connectivity index (χ1v) is 7.73. The average molecular weight is 350 g/mol. The van der Waals surface area contributed by atoms with Crippen molar-refractivity contribution in [2.75, 3.05) is 25.5 Å². The molecule has 3 nitrogen and oxygen atoms in total. The zero-order valence-electron chi connectivity index (χ0n) is 12.9. The lowest BCUT2D eigenvalue weighted by atomic mass is 10.0. The summed E-state index contributed by atoms with van der Waals surface area (Å²) in [6, 6.07) is 12.2. The van der Waals surface area contributed by atoms with E-state index in [4.69, 9.17) is 29.6 Å². The molecule has 0 amide bonds. The predicted molar refractivity (Wildman–Crippen MR) is 99.5 cm³/mol. The van der Waals surface area contributed by atoms with E-state index in [1.165, 1.54) is 6.07 Å². The largest absolute Gasteiger partial charge is 0.392 e. The molecule has 0 fully saturated rings. The average Bonchev–Trinajstić information content (AvgIpc) is 2.48. The van der Waals surface area contributed by atoms with Gasteiger partial charge in [0, 0.05) is 30.2 Å². The Kier molecular flexibility index (Phi) is 5.69. The van der Waals surface area contributed by atoms with Gasteiger partial charge >= 0.3 is 0 Å². The molecule has 120 valence electrons. The van der Waals surface area contributed by atoms with Crippen molar-refractivity contribution >= 4 is 40.2 Å². The molecule has 0 aromatic heterocycles. The van der Waals surface area contributed by atoms with Crippen molar-refractivity contribution in [3.05, 3.63) is 64.4 Å². The molecular formula is C17H17ClFN3S. The van der Waals surface area contributed by atoms with E-state index in [0.717, 1.165) is 0 Å². The maximum atomic E-state index is 14.3. The Bertz CT molecular complexity index is 759. The maximum Gasteiger partial charge on any atom is 0.147 e. The molecule has 2 aromatic carbocycles. The fraction of sp³-hybridized carbons (Fsp3) is 0.176. The van der Waals surface area contributed by atoms with Gasteiger partial charge in [-0.25, -0.2) is 4.39 Å². The highest BCUT2D eigenvalue weighted by Crippen LogP contribution is 2.24. The minimum absolute atomic E-state index is 0.174. The smallest absolute Gasteiger partial charge is 0.147 e. The van der Waals surface area contributed by atoms with Gasteiger partial charge in [0.1, 0.15) is 5.82 Å². The molecule has 0 atom stereocenters. The summed E-state index contributed by atoms with van der Waals surface area (Å²) in [4.78, 5) is 6.40. The van der Waals surface area contributed by atoms with Crippen LogP contribution in [0.3, 0.4) is 0 Å². The summed E-state index contributed by atoms with van der Waals surface area (Å²) < 4.78 is 14.3. The van der Waals surface area contributed by atoms with E-state index in [9.17, 15) is 4.39 Å². The van der Waals surface area contributed by atoms with Crippen molar-refractivity contribution in [1.82, 2.24) is 0 Å². The molecule has 0 spiro atoms. The Morgan fingerprint density at radius 3 is 2.52 bits per heavy atom. The van der Waals surface area contributed by atoms with Crippen molar-refractivity contribution in [3.8, 4) is 0 Å². The van der Waals surface area contributed by atoms with E-state index >= 15 is 0 Å². The third-order valence-electron chi connectivity index (χ3n) is 3.22. The molecule has 0 unspecified atom stereocenters. The number of anilines is 1. The molecule has 2 N–H and O–H groups in total. The van der Waals surface area contributed by atoms with Crippen molar-refractivity contribution in [2.45, 2.75) is 0 Å². The zero-order valence-corrected chi connectivity index (χ0v) is 14.5. The SMILES string of the molecule is CN(C)c1ccc(C(=NCC(N)=S)c2ccccc2Cl)cc1F. The summed E-state index contributed by atoms with van der Waals surface area (Å²) in [5.41, 5.74) is 7.94. The monoisotopic (exact) mass is 349 g/mol. The topological polar surface area (TPSA) is 41.6 Å². The summed E-state index contributed by atoms with van der Waals surface area (Å²) >= 11 is 11.1. The van der Waals surface area contributed by atoms with E-state index in [1.54, 1.807) is 37.2 Å². The molecule has 0 aliphatic rings. The lowest BCUT2D eigenvalue weighted by molar-refractivity contribution is 0.626. The second kappa shape index (κ2) is 7.53. The van der Waals surface area contributed by atoms with Crippen molar-refractivity contribution < 1.29 is 4.39 Å². The van der Waals surface area contributed by atoms with Crippen LogP contribution in [0.5, 0.6) is 0 Å². The van der Waals surface area contributed by atoms with Gasteiger partial charge < -0.3 is 10.6 Å². The summed E-state index contributed by atoms with van der Waals surface area (Å²) in [5, 5.41) is 0.534. The molecule has 2 rings (SSSR count). The third-order valence-corrected chi connectivity index (χ3v) is 3.68. The number of nitrogens with zero attached hydrogens (tertiary/aromatic N) is 2. The van der Waals surface area contributed by atoms with Crippen LogP contribution in [0.1, 0.15) is 11.1 Å². The van der Waals surface area contributed by atoms with Crippen molar-refractivity contribution in [2.24, 2.45) is 10.7 Å².